The second-order valence-corrected chi connectivity index (χ2v) is 7.75. The van der Waals surface area contributed by atoms with Gasteiger partial charge in [0.1, 0.15) is 6.61 Å². The molecule has 1 fully saturated rings. The van der Waals surface area contributed by atoms with Crippen LogP contribution in [0.2, 0.25) is 0 Å². The number of carboxylic acids is 1. The highest BCUT2D eigenvalue weighted by Gasteiger charge is 2.44. The molecule has 1 amide bonds. The average Bonchev–Trinajstić information content (AvgIpc) is 3.24. The van der Waals surface area contributed by atoms with Crippen LogP contribution in [0.25, 0.3) is 11.1 Å². The third-order valence-electron chi connectivity index (χ3n) is 5.12. The third-order valence-corrected chi connectivity index (χ3v) is 6.31. The molecule has 26 heavy (non-hydrogen) atoms. The summed E-state index contributed by atoms with van der Waals surface area (Å²) in [6, 6.07) is 16.2. The highest BCUT2D eigenvalue weighted by molar-refractivity contribution is 7.99. The number of carbonyl (C=O) groups excluding carboxylic acids is 1. The summed E-state index contributed by atoms with van der Waals surface area (Å²) in [5.74, 6) is 0.0468. The van der Waals surface area contributed by atoms with Crippen molar-refractivity contribution < 1.29 is 19.4 Å². The van der Waals surface area contributed by atoms with Crippen LogP contribution in [0.1, 0.15) is 23.5 Å². The molecular weight excluding hydrogens is 350 g/mol. The van der Waals surface area contributed by atoms with E-state index >= 15 is 0 Å². The van der Waals surface area contributed by atoms with Crippen LogP contribution in [0.4, 0.5) is 4.79 Å². The van der Waals surface area contributed by atoms with E-state index in [0.29, 0.717) is 12.2 Å². The van der Waals surface area contributed by atoms with Gasteiger partial charge in [-0.15, -0.1) is 0 Å². The lowest BCUT2D eigenvalue weighted by Crippen LogP contribution is -2.55. The maximum absolute atomic E-state index is 12.3. The molecule has 0 saturated carbocycles. The quantitative estimate of drug-likeness (QED) is 0.863. The number of alkyl carbamates (subject to hydrolysis) is 1. The van der Waals surface area contributed by atoms with Gasteiger partial charge in [-0.25, -0.2) is 9.59 Å². The number of nitrogens with one attached hydrogen (secondary N) is 1. The van der Waals surface area contributed by atoms with Gasteiger partial charge in [0.15, 0.2) is 5.54 Å². The second kappa shape index (κ2) is 6.68. The number of hydrogen-bond acceptors (Lipinski definition) is 4. The lowest BCUT2D eigenvalue weighted by Gasteiger charge is -2.24. The van der Waals surface area contributed by atoms with Crippen molar-refractivity contribution >= 4 is 23.8 Å². The number of fused-ring (bicyclic) bond motifs is 3. The number of thioether (sulfide) groups is 1. The van der Waals surface area contributed by atoms with E-state index in [4.69, 9.17) is 4.74 Å². The van der Waals surface area contributed by atoms with E-state index in [1.807, 2.05) is 36.4 Å². The van der Waals surface area contributed by atoms with Gasteiger partial charge >= 0.3 is 12.1 Å². The number of benzene rings is 2. The van der Waals surface area contributed by atoms with Crippen molar-refractivity contribution in [2.75, 3.05) is 18.1 Å². The summed E-state index contributed by atoms with van der Waals surface area (Å²) in [7, 11) is 0. The van der Waals surface area contributed by atoms with Gasteiger partial charge in [0.2, 0.25) is 0 Å². The Balaban J connectivity index is 1.50. The Morgan fingerprint density at radius 2 is 1.73 bits per heavy atom. The molecule has 1 aliphatic carbocycles. The van der Waals surface area contributed by atoms with Crippen molar-refractivity contribution in [1.29, 1.82) is 0 Å². The first-order chi connectivity index (χ1) is 12.6. The highest BCUT2D eigenvalue weighted by Crippen LogP contribution is 2.44. The molecule has 1 atom stereocenters. The van der Waals surface area contributed by atoms with Crippen LogP contribution >= 0.6 is 11.8 Å². The number of amides is 1. The summed E-state index contributed by atoms with van der Waals surface area (Å²) in [4.78, 5) is 23.8. The van der Waals surface area contributed by atoms with E-state index in [9.17, 15) is 14.7 Å². The molecule has 1 saturated heterocycles. The molecule has 1 aliphatic heterocycles. The number of hydrogen-bond donors (Lipinski definition) is 2. The first-order valence-corrected chi connectivity index (χ1v) is 9.70. The minimum absolute atomic E-state index is 0.0353. The van der Waals surface area contributed by atoms with Crippen molar-refractivity contribution in [3.05, 3.63) is 59.7 Å². The summed E-state index contributed by atoms with van der Waals surface area (Å²) in [6.07, 6.45) is -0.256. The summed E-state index contributed by atoms with van der Waals surface area (Å²) in [6.45, 7) is 0.183. The third kappa shape index (κ3) is 2.84. The largest absolute Gasteiger partial charge is 0.479 e. The lowest BCUT2D eigenvalue weighted by molar-refractivity contribution is -0.143. The molecular formula is C20H19NO4S. The summed E-state index contributed by atoms with van der Waals surface area (Å²) in [5, 5.41) is 12.1. The van der Waals surface area contributed by atoms with E-state index in [-0.39, 0.29) is 12.5 Å². The predicted molar refractivity (Wildman–Crippen MR) is 101 cm³/mol. The molecule has 2 aromatic rings. The Labute approximate surface area is 155 Å². The number of rotatable bonds is 4. The molecule has 2 N–H and O–H groups in total. The van der Waals surface area contributed by atoms with Crippen molar-refractivity contribution in [2.24, 2.45) is 0 Å². The highest BCUT2D eigenvalue weighted by atomic mass is 32.2. The molecule has 4 rings (SSSR count). The number of ether oxygens (including phenoxy) is 1. The molecule has 0 bridgehead atoms. The van der Waals surface area contributed by atoms with Crippen LogP contribution in [0.15, 0.2) is 48.5 Å². The van der Waals surface area contributed by atoms with Crippen LogP contribution < -0.4 is 5.32 Å². The van der Waals surface area contributed by atoms with Gasteiger partial charge in [0.05, 0.1) is 0 Å². The van der Waals surface area contributed by atoms with Crippen molar-refractivity contribution in [3.63, 3.8) is 0 Å². The van der Waals surface area contributed by atoms with Gasteiger partial charge in [-0.1, -0.05) is 48.5 Å². The van der Waals surface area contributed by atoms with Crippen molar-refractivity contribution in [1.82, 2.24) is 5.32 Å². The molecule has 5 nitrogen and oxygen atoms in total. The van der Waals surface area contributed by atoms with Crippen LogP contribution in [-0.2, 0) is 9.53 Å². The minimum atomic E-state index is -1.22. The van der Waals surface area contributed by atoms with E-state index in [1.165, 1.54) is 11.8 Å². The Kier molecular flexibility index (Phi) is 4.36. The topological polar surface area (TPSA) is 75.6 Å². The smallest absolute Gasteiger partial charge is 0.408 e. The molecule has 2 aromatic carbocycles. The first-order valence-electron chi connectivity index (χ1n) is 8.55. The van der Waals surface area contributed by atoms with Crippen LogP contribution in [-0.4, -0.2) is 40.8 Å². The fourth-order valence-electron chi connectivity index (χ4n) is 3.72. The van der Waals surface area contributed by atoms with Crippen molar-refractivity contribution in [3.8, 4) is 11.1 Å². The zero-order chi connectivity index (χ0) is 18.1. The fraction of sp³-hybridized carbons (Fsp3) is 0.300. The van der Waals surface area contributed by atoms with E-state index < -0.39 is 17.6 Å². The molecule has 6 heteroatoms. The molecule has 0 radical (unpaired) electrons. The second-order valence-electron chi connectivity index (χ2n) is 6.64. The van der Waals surface area contributed by atoms with Gasteiger partial charge in [-0.3, -0.25) is 0 Å². The van der Waals surface area contributed by atoms with Crippen molar-refractivity contribution in [2.45, 2.75) is 17.9 Å². The SMILES string of the molecule is O=C(N[C@@]1(C(=O)O)CCSC1)OCC1c2ccccc2-c2ccccc21. The van der Waals surface area contributed by atoms with Gasteiger partial charge in [0.25, 0.3) is 0 Å². The lowest BCUT2D eigenvalue weighted by atomic mass is 9.98. The Bertz CT molecular complexity index is 815. The Hall–Kier alpha value is -2.47. The summed E-state index contributed by atoms with van der Waals surface area (Å²) in [5.41, 5.74) is 3.36. The minimum Gasteiger partial charge on any atom is -0.479 e. The fourth-order valence-corrected chi connectivity index (χ4v) is 5.04. The molecule has 0 aromatic heterocycles. The molecule has 1 heterocycles. The molecule has 134 valence electrons. The van der Waals surface area contributed by atoms with Gasteiger partial charge in [-0.2, -0.15) is 11.8 Å². The zero-order valence-electron chi connectivity index (χ0n) is 14.1. The monoisotopic (exact) mass is 369 g/mol. The molecule has 0 unspecified atom stereocenters. The Morgan fingerprint density at radius 1 is 1.12 bits per heavy atom. The van der Waals surface area contributed by atoms with Gasteiger partial charge in [-0.05, 0) is 34.4 Å². The van der Waals surface area contributed by atoms with Crippen LogP contribution in [0.5, 0.6) is 0 Å². The normalized spacial score (nSPS) is 21.1. The number of carboxylic acid groups (broad SMARTS) is 1. The average molecular weight is 369 g/mol. The van der Waals surface area contributed by atoms with Gasteiger partial charge in [0, 0.05) is 11.7 Å². The number of carbonyl (C=O) groups is 2. The maximum Gasteiger partial charge on any atom is 0.408 e. The maximum atomic E-state index is 12.3. The summed E-state index contributed by atoms with van der Waals surface area (Å²) >= 11 is 1.53. The molecule has 2 aliphatic rings. The molecule has 0 spiro atoms. The number of aliphatic carboxylic acids is 1. The predicted octanol–water partition coefficient (Wildman–Crippen LogP) is 3.49. The van der Waals surface area contributed by atoms with E-state index in [0.717, 1.165) is 28.0 Å². The zero-order valence-corrected chi connectivity index (χ0v) is 14.9. The van der Waals surface area contributed by atoms with Gasteiger partial charge < -0.3 is 15.2 Å². The Morgan fingerprint density at radius 3 is 2.27 bits per heavy atom. The van der Waals surface area contributed by atoms with E-state index in [2.05, 4.69) is 17.4 Å². The first kappa shape index (κ1) is 17.0. The standard InChI is InChI=1S/C20H19NO4S/c22-18(23)20(9-10-26-12-20)21-19(24)25-11-17-15-7-3-1-5-13(15)14-6-2-4-8-16(14)17/h1-8,17H,9-12H2,(H,21,24)(H,22,23)/t20-/m0/s1. The van der Waals surface area contributed by atoms with E-state index in [1.54, 1.807) is 0 Å². The van der Waals surface area contributed by atoms with Crippen LogP contribution in [0.3, 0.4) is 0 Å². The van der Waals surface area contributed by atoms with Crippen LogP contribution in [0, 0.1) is 0 Å². The summed E-state index contributed by atoms with van der Waals surface area (Å²) < 4.78 is 5.45.